The molecule has 166 valence electrons. The van der Waals surface area contributed by atoms with Crippen LogP contribution in [0.2, 0.25) is 5.02 Å². The van der Waals surface area contributed by atoms with Crippen molar-refractivity contribution in [2.45, 2.75) is 12.6 Å². The monoisotopic (exact) mass is 467 g/mol. The van der Waals surface area contributed by atoms with E-state index in [0.29, 0.717) is 11.4 Å². The number of aromatic nitrogens is 1. The summed E-state index contributed by atoms with van der Waals surface area (Å²) in [5.74, 6) is -2.09. The summed E-state index contributed by atoms with van der Waals surface area (Å²) in [6.45, 7) is 0.168. The third kappa shape index (κ3) is 3.96. The van der Waals surface area contributed by atoms with E-state index in [1.807, 2.05) is 47.2 Å². The van der Waals surface area contributed by atoms with Crippen LogP contribution in [0.4, 0.5) is 23.7 Å². The average Bonchev–Trinajstić information content (AvgIpc) is 3.19. The molecule has 2 heterocycles. The predicted molar refractivity (Wildman–Crippen MR) is 120 cm³/mol. The van der Waals surface area contributed by atoms with Gasteiger partial charge in [-0.3, -0.25) is 0 Å². The molecule has 8 heteroatoms. The van der Waals surface area contributed by atoms with Gasteiger partial charge in [0.1, 0.15) is 17.5 Å². The maximum absolute atomic E-state index is 14.2. The third-order valence-electron chi connectivity index (χ3n) is 5.60. The van der Waals surface area contributed by atoms with Gasteiger partial charge < -0.3 is 14.8 Å². The summed E-state index contributed by atoms with van der Waals surface area (Å²) < 4.78 is 43.9. The number of amides is 2. The molecule has 0 bridgehead atoms. The molecule has 0 radical (unpaired) electrons. The van der Waals surface area contributed by atoms with Gasteiger partial charge in [0.2, 0.25) is 0 Å². The number of hydrogen-bond acceptors (Lipinski definition) is 1. The summed E-state index contributed by atoms with van der Waals surface area (Å²) in [6.07, 6.45) is 1.85. The van der Waals surface area contributed by atoms with E-state index in [0.717, 1.165) is 23.4 Å². The second-order valence-corrected chi connectivity index (χ2v) is 8.13. The number of urea groups is 1. The maximum Gasteiger partial charge on any atom is 0.322 e. The summed E-state index contributed by atoms with van der Waals surface area (Å²) in [7, 11) is 0. The number of rotatable bonds is 2. The minimum absolute atomic E-state index is 0.133. The molecule has 4 nitrogen and oxygen atoms in total. The van der Waals surface area contributed by atoms with Crippen molar-refractivity contribution in [1.82, 2.24) is 9.47 Å². The number of anilines is 1. The Hall–Kier alpha value is -3.71. The van der Waals surface area contributed by atoms with Gasteiger partial charge in [-0.15, -0.1) is 0 Å². The first-order valence-corrected chi connectivity index (χ1v) is 10.5. The standard InChI is InChI=1S/C25H17ClF3N3O/c26-20-13-19(7-8-21(20)29)30-25(33)32-14-15-4-1-2-5-22(15)31-9-3-6-23(31)24(32)16-10-17(27)12-18(28)11-16/h1-13,24H,14H2,(H,30,33). The molecule has 0 saturated heterocycles. The van der Waals surface area contributed by atoms with Gasteiger partial charge in [0, 0.05) is 23.6 Å². The quantitative estimate of drug-likeness (QED) is 0.350. The zero-order valence-electron chi connectivity index (χ0n) is 17.1. The molecule has 1 aromatic heterocycles. The van der Waals surface area contributed by atoms with Crippen LogP contribution in [0.3, 0.4) is 0 Å². The van der Waals surface area contributed by atoms with Gasteiger partial charge in [0.25, 0.3) is 0 Å². The summed E-state index contributed by atoms with van der Waals surface area (Å²) in [4.78, 5) is 15.0. The van der Waals surface area contributed by atoms with Crippen molar-refractivity contribution in [3.05, 3.63) is 118 Å². The van der Waals surface area contributed by atoms with Crippen LogP contribution in [0.1, 0.15) is 22.9 Å². The van der Waals surface area contributed by atoms with Crippen molar-refractivity contribution in [3.63, 3.8) is 0 Å². The van der Waals surface area contributed by atoms with E-state index in [1.165, 1.54) is 29.2 Å². The molecule has 4 aromatic rings. The van der Waals surface area contributed by atoms with Crippen molar-refractivity contribution in [2.75, 3.05) is 5.32 Å². The number of halogens is 4. The van der Waals surface area contributed by atoms with Gasteiger partial charge in [0.05, 0.1) is 23.3 Å². The van der Waals surface area contributed by atoms with E-state index in [2.05, 4.69) is 5.32 Å². The Balaban J connectivity index is 1.64. The molecule has 3 aromatic carbocycles. The molecular formula is C25H17ClF3N3O. The van der Waals surface area contributed by atoms with Gasteiger partial charge in [-0.2, -0.15) is 0 Å². The minimum Gasteiger partial charge on any atom is -0.318 e. The Kier molecular flexibility index (Phi) is 5.34. The first kappa shape index (κ1) is 21.2. The molecule has 1 atom stereocenters. The number of hydrogen-bond donors (Lipinski definition) is 1. The van der Waals surface area contributed by atoms with Crippen LogP contribution in [0.15, 0.2) is 79.0 Å². The normalized spacial score (nSPS) is 14.9. The Morgan fingerprint density at radius 2 is 1.70 bits per heavy atom. The van der Waals surface area contributed by atoms with Gasteiger partial charge >= 0.3 is 6.03 Å². The number of fused-ring (bicyclic) bond motifs is 3. The topological polar surface area (TPSA) is 37.3 Å². The minimum atomic E-state index is -0.798. The SMILES string of the molecule is O=C(Nc1ccc(F)c(Cl)c1)N1Cc2ccccc2-n2cccc2C1c1cc(F)cc(F)c1. The van der Waals surface area contributed by atoms with E-state index in [4.69, 9.17) is 11.6 Å². The van der Waals surface area contributed by atoms with Crippen molar-refractivity contribution in [1.29, 1.82) is 0 Å². The van der Waals surface area contributed by atoms with E-state index in [9.17, 15) is 18.0 Å². The number of para-hydroxylation sites is 1. The van der Waals surface area contributed by atoms with Crippen LogP contribution < -0.4 is 5.32 Å². The van der Waals surface area contributed by atoms with Gasteiger partial charge in [-0.05, 0) is 59.7 Å². The van der Waals surface area contributed by atoms with Crippen molar-refractivity contribution < 1.29 is 18.0 Å². The molecule has 1 unspecified atom stereocenters. The molecule has 0 fully saturated rings. The zero-order valence-corrected chi connectivity index (χ0v) is 17.9. The lowest BCUT2D eigenvalue weighted by atomic mass is 10.0. The Morgan fingerprint density at radius 3 is 2.45 bits per heavy atom. The Morgan fingerprint density at radius 1 is 0.939 bits per heavy atom. The summed E-state index contributed by atoms with van der Waals surface area (Å²) >= 11 is 5.86. The fraction of sp³-hybridized carbons (Fsp3) is 0.0800. The number of benzene rings is 3. The highest BCUT2D eigenvalue weighted by Gasteiger charge is 2.33. The maximum atomic E-state index is 14.2. The van der Waals surface area contributed by atoms with E-state index >= 15 is 0 Å². The summed E-state index contributed by atoms with van der Waals surface area (Å²) in [6, 6.07) is 16.9. The molecular weight excluding hydrogens is 451 g/mol. The van der Waals surface area contributed by atoms with Crippen LogP contribution in [0.5, 0.6) is 0 Å². The Labute approximate surface area is 192 Å². The number of nitrogens with zero attached hydrogens (tertiary/aromatic N) is 2. The summed E-state index contributed by atoms with van der Waals surface area (Å²) in [5, 5.41) is 2.60. The molecule has 33 heavy (non-hydrogen) atoms. The van der Waals surface area contributed by atoms with E-state index < -0.39 is 29.5 Å². The van der Waals surface area contributed by atoms with Crippen LogP contribution in [-0.4, -0.2) is 15.5 Å². The van der Waals surface area contributed by atoms with Crippen LogP contribution in [-0.2, 0) is 6.54 Å². The lowest BCUT2D eigenvalue weighted by Gasteiger charge is -2.31. The molecule has 0 spiro atoms. The van der Waals surface area contributed by atoms with Crippen LogP contribution in [0, 0.1) is 17.5 Å². The molecule has 2 amide bonds. The smallest absolute Gasteiger partial charge is 0.318 e. The average molecular weight is 468 g/mol. The van der Waals surface area contributed by atoms with Gasteiger partial charge in [0.15, 0.2) is 0 Å². The zero-order chi connectivity index (χ0) is 23.1. The lowest BCUT2D eigenvalue weighted by Crippen LogP contribution is -2.38. The molecule has 1 N–H and O–H groups in total. The van der Waals surface area contributed by atoms with E-state index in [1.54, 1.807) is 0 Å². The van der Waals surface area contributed by atoms with Crippen LogP contribution in [0.25, 0.3) is 5.69 Å². The largest absolute Gasteiger partial charge is 0.322 e. The van der Waals surface area contributed by atoms with Crippen LogP contribution >= 0.6 is 11.6 Å². The highest BCUT2D eigenvalue weighted by Crippen LogP contribution is 2.37. The molecule has 0 aliphatic carbocycles. The number of nitrogens with one attached hydrogen (secondary N) is 1. The first-order valence-electron chi connectivity index (χ1n) is 10.1. The molecule has 1 aliphatic heterocycles. The van der Waals surface area contributed by atoms with Crippen molar-refractivity contribution in [3.8, 4) is 5.69 Å². The van der Waals surface area contributed by atoms with E-state index in [-0.39, 0.29) is 17.1 Å². The Bertz CT molecular complexity index is 1350. The second kappa shape index (κ2) is 8.33. The number of carbonyl (C=O) groups is 1. The highest BCUT2D eigenvalue weighted by atomic mass is 35.5. The van der Waals surface area contributed by atoms with Crippen molar-refractivity contribution >= 4 is 23.3 Å². The predicted octanol–water partition coefficient (Wildman–Crippen LogP) is 6.69. The third-order valence-corrected chi connectivity index (χ3v) is 5.89. The second-order valence-electron chi connectivity index (χ2n) is 7.72. The van der Waals surface area contributed by atoms with Crippen molar-refractivity contribution in [2.24, 2.45) is 0 Å². The molecule has 0 saturated carbocycles. The fourth-order valence-corrected chi connectivity index (χ4v) is 4.37. The first-order chi connectivity index (χ1) is 15.9. The van der Waals surface area contributed by atoms with Gasteiger partial charge in [-0.1, -0.05) is 29.8 Å². The number of carbonyl (C=O) groups excluding carboxylic acids is 1. The molecule has 5 rings (SSSR count). The summed E-state index contributed by atoms with van der Waals surface area (Å²) in [5.41, 5.74) is 2.95. The lowest BCUT2D eigenvalue weighted by molar-refractivity contribution is 0.194. The molecule has 1 aliphatic rings. The highest BCUT2D eigenvalue weighted by molar-refractivity contribution is 6.31. The fourth-order valence-electron chi connectivity index (χ4n) is 4.19. The van der Waals surface area contributed by atoms with Gasteiger partial charge in [-0.25, -0.2) is 18.0 Å².